The second-order valence-electron chi connectivity index (χ2n) is 15.3. The Morgan fingerprint density at radius 3 is 1.75 bits per heavy atom. The average molecular weight is 677 g/mol. The monoisotopic (exact) mass is 676 g/mol. The van der Waals surface area contributed by atoms with Crippen molar-refractivity contribution in [1.82, 2.24) is 0 Å². The Bertz CT molecular complexity index is 3100. The maximum Gasteiger partial charge on any atom is 0.136 e. The lowest BCUT2D eigenvalue weighted by atomic mass is 9.80. The summed E-state index contributed by atoms with van der Waals surface area (Å²) in [5.41, 5.74) is 15.8. The molecular weight excluding hydrogens is 641 g/mol. The Hall–Kier alpha value is -6.44. The van der Waals surface area contributed by atoms with Gasteiger partial charge in [0.25, 0.3) is 0 Å². The third-order valence-electron chi connectivity index (χ3n) is 11.9. The van der Waals surface area contributed by atoms with Crippen molar-refractivity contribution in [2.75, 3.05) is 0 Å². The van der Waals surface area contributed by atoms with Gasteiger partial charge in [-0.2, -0.15) is 0 Å². The largest absolute Gasteiger partial charge is 0.456 e. The number of furan rings is 1. The Kier molecular flexibility index (Phi) is 6.29. The zero-order valence-corrected chi connectivity index (χ0v) is 30.0. The van der Waals surface area contributed by atoms with Gasteiger partial charge in [0.1, 0.15) is 11.2 Å². The zero-order valence-electron chi connectivity index (χ0n) is 30.0. The minimum Gasteiger partial charge on any atom is -0.456 e. The van der Waals surface area contributed by atoms with E-state index in [0.717, 1.165) is 27.5 Å². The Morgan fingerprint density at radius 2 is 1.04 bits per heavy atom. The first-order chi connectivity index (χ1) is 26.0. The highest BCUT2D eigenvalue weighted by atomic mass is 16.3. The van der Waals surface area contributed by atoms with Crippen LogP contribution in [0.15, 0.2) is 168 Å². The van der Waals surface area contributed by atoms with Crippen molar-refractivity contribution in [2.45, 2.75) is 26.2 Å². The maximum absolute atomic E-state index is 6.64. The summed E-state index contributed by atoms with van der Waals surface area (Å²) in [4.78, 5) is 0. The molecule has 1 aliphatic carbocycles. The molecule has 0 saturated carbocycles. The summed E-state index contributed by atoms with van der Waals surface area (Å²) < 4.78 is 6.64. The van der Waals surface area contributed by atoms with Crippen LogP contribution in [0.2, 0.25) is 0 Å². The number of para-hydroxylation sites is 1. The van der Waals surface area contributed by atoms with Crippen molar-refractivity contribution in [3.05, 3.63) is 180 Å². The molecule has 0 aliphatic heterocycles. The van der Waals surface area contributed by atoms with Crippen molar-refractivity contribution in [2.24, 2.45) is 0 Å². The molecule has 1 aromatic heterocycles. The molecule has 0 bridgehead atoms. The van der Waals surface area contributed by atoms with Crippen LogP contribution in [0.3, 0.4) is 0 Å². The quantitative estimate of drug-likeness (QED) is 0.170. The second-order valence-corrected chi connectivity index (χ2v) is 15.3. The smallest absolute Gasteiger partial charge is 0.136 e. The normalized spacial score (nSPS) is 13.3. The van der Waals surface area contributed by atoms with E-state index in [2.05, 4.69) is 185 Å². The molecule has 11 rings (SSSR count). The second kappa shape index (κ2) is 11.0. The van der Waals surface area contributed by atoms with E-state index in [1.54, 1.807) is 0 Å². The van der Waals surface area contributed by atoms with E-state index in [4.69, 9.17) is 4.42 Å². The first-order valence-electron chi connectivity index (χ1n) is 18.6. The van der Waals surface area contributed by atoms with E-state index in [-0.39, 0.29) is 5.41 Å². The van der Waals surface area contributed by atoms with Gasteiger partial charge in [-0.05, 0) is 119 Å². The highest BCUT2D eigenvalue weighted by molar-refractivity contribution is 6.23. The highest BCUT2D eigenvalue weighted by Gasteiger charge is 2.37. The van der Waals surface area contributed by atoms with Crippen LogP contribution < -0.4 is 0 Å². The van der Waals surface area contributed by atoms with Gasteiger partial charge in [0, 0.05) is 16.2 Å². The van der Waals surface area contributed by atoms with E-state index in [9.17, 15) is 0 Å². The van der Waals surface area contributed by atoms with E-state index in [1.807, 2.05) is 0 Å². The Labute approximate surface area is 308 Å². The lowest BCUT2D eigenvalue weighted by molar-refractivity contribution is 0.661. The first-order valence-corrected chi connectivity index (χ1v) is 18.6. The molecule has 53 heavy (non-hydrogen) atoms. The molecule has 250 valence electrons. The van der Waals surface area contributed by atoms with Gasteiger partial charge in [-0.1, -0.05) is 159 Å². The van der Waals surface area contributed by atoms with Crippen molar-refractivity contribution in [3.63, 3.8) is 0 Å². The minimum atomic E-state index is -0.121. The molecule has 1 heterocycles. The van der Waals surface area contributed by atoms with E-state index in [0.29, 0.717) is 0 Å². The van der Waals surface area contributed by atoms with Crippen LogP contribution in [-0.4, -0.2) is 0 Å². The lowest BCUT2D eigenvalue weighted by Gasteiger charge is -2.23. The third-order valence-corrected chi connectivity index (χ3v) is 11.9. The van der Waals surface area contributed by atoms with Crippen molar-refractivity contribution < 1.29 is 4.42 Å². The van der Waals surface area contributed by atoms with Gasteiger partial charge in [0.15, 0.2) is 0 Å². The van der Waals surface area contributed by atoms with E-state index >= 15 is 0 Å². The number of hydrogen-bond acceptors (Lipinski definition) is 1. The number of aryl methyl sites for hydroxylation is 1. The molecular formula is C52H36O. The van der Waals surface area contributed by atoms with E-state index < -0.39 is 0 Å². The highest BCUT2D eigenvalue weighted by Crippen LogP contribution is 2.53. The predicted molar refractivity (Wildman–Crippen MR) is 225 cm³/mol. The Balaban J connectivity index is 1.19. The summed E-state index contributed by atoms with van der Waals surface area (Å²) in [7, 11) is 0. The molecule has 0 amide bonds. The molecule has 0 unspecified atom stereocenters. The molecule has 0 spiro atoms. The van der Waals surface area contributed by atoms with Gasteiger partial charge in [-0.3, -0.25) is 0 Å². The molecule has 9 aromatic carbocycles. The Morgan fingerprint density at radius 1 is 0.396 bits per heavy atom. The maximum atomic E-state index is 6.64. The van der Waals surface area contributed by atoms with Crippen molar-refractivity contribution in [3.8, 4) is 44.5 Å². The molecule has 1 aliphatic rings. The number of hydrogen-bond donors (Lipinski definition) is 0. The molecule has 0 atom stereocenters. The van der Waals surface area contributed by atoms with Crippen LogP contribution in [0.4, 0.5) is 0 Å². The number of fused-ring (bicyclic) bond motifs is 10. The molecule has 0 saturated heterocycles. The SMILES string of the molecule is Cc1cccc(-c2cc(-c3c4ccccc4c(-c4ccc5c(c4)C(C)(C)c4ccc6ccccc6c4-5)c4ccccc34)cc3oc4ccccc4c23)c1. The molecule has 0 fully saturated rings. The van der Waals surface area contributed by atoms with Gasteiger partial charge >= 0.3 is 0 Å². The fourth-order valence-corrected chi connectivity index (χ4v) is 9.45. The minimum absolute atomic E-state index is 0.121. The van der Waals surface area contributed by atoms with Gasteiger partial charge in [0.05, 0.1) is 0 Å². The zero-order chi connectivity index (χ0) is 35.4. The van der Waals surface area contributed by atoms with Gasteiger partial charge < -0.3 is 4.42 Å². The molecule has 1 heteroatoms. The van der Waals surface area contributed by atoms with Crippen LogP contribution in [0.25, 0.3) is 98.8 Å². The summed E-state index contributed by atoms with van der Waals surface area (Å²) in [6.45, 7) is 6.93. The van der Waals surface area contributed by atoms with Crippen molar-refractivity contribution in [1.29, 1.82) is 0 Å². The van der Waals surface area contributed by atoms with Crippen LogP contribution in [0, 0.1) is 6.92 Å². The van der Waals surface area contributed by atoms with Crippen LogP contribution in [0.1, 0.15) is 30.5 Å². The van der Waals surface area contributed by atoms with Crippen molar-refractivity contribution >= 4 is 54.3 Å². The summed E-state index contributed by atoms with van der Waals surface area (Å²) in [5, 5.41) is 9.90. The van der Waals surface area contributed by atoms with Crippen LogP contribution in [-0.2, 0) is 5.41 Å². The molecule has 10 aromatic rings. The average Bonchev–Trinajstić information content (AvgIpc) is 3.68. The van der Waals surface area contributed by atoms with Crippen LogP contribution >= 0.6 is 0 Å². The lowest BCUT2D eigenvalue weighted by Crippen LogP contribution is -2.15. The van der Waals surface area contributed by atoms with E-state index in [1.165, 1.54) is 88.0 Å². The summed E-state index contributed by atoms with van der Waals surface area (Å²) in [5.74, 6) is 0. The fourth-order valence-electron chi connectivity index (χ4n) is 9.45. The standard InChI is InChI=1S/C52H36O/c1-31-13-12-15-33(27-31)43-28-35(30-47-51(43)42-21-10-11-22-46(42)53-47)49-39-19-8-6-17-37(39)48(38-18-7-9-20-40(38)49)34-23-25-41-45(29-34)52(2,3)44-26-24-32-14-4-5-16-36(32)50(41)44/h4-30H,1-3H3. The summed E-state index contributed by atoms with van der Waals surface area (Å²) >= 11 is 0. The first kappa shape index (κ1) is 30.2. The van der Waals surface area contributed by atoms with Crippen LogP contribution in [0.5, 0.6) is 0 Å². The van der Waals surface area contributed by atoms with Gasteiger partial charge in [0.2, 0.25) is 0 Å². The van der Waals surface area contributed by atoms with Gasteiger partial charge in [-0.25, -0.2) is 0 Å². The molecule has 0 N–H and O–H groups in total. The number of rotatable bonds is 3. The molecule has 1 nitrogen and oxygen atoms in total. The summed E-state index contributed by atoms with van der Waals surface area (Å²) in [6.07, 6.45) is 0. The fraction of sp³-hybridized carbons (Fsp3) is 0.0769. The third kappa shape index (κ3) is 4.31. The summed E-state index contributed by atoms with van der Waals surface area (Å²) in [6, 6.07) is 60.5. The number of benzene rings is 9. The topological polar surface area (TPSA) is 13.1 Å². The predicted octanol–water partition coefficient (Wildman–Crippen LogP) is 14.7. The molecule has 0 radical (unpaired) electrons. The van der Waals surface area contributed by atoms with Gasteiger partial charge in [-0.15, -0.1) is 0 Å².